The fourth-order valence-electron chi connectivity index (χ4n) is 1.36. The Labute approximate surface area is 100.0 Å². The Bertz CT molecular complexity index is 570. The molecule has 0 fully saturated rings. The summed E-state index contributed by atoms with van der Waals surface area (Å²) >= 11 is 5.51. The van der Waals surface area contributed by atoms with Crippen LogP contribution in [0.2, 0.25) is 0 Å². The molecule has 0 aliphatic rings. The predicted octanol–water partition coefficient (Wildman–Crippen LogP) is 3.13. The van der Waals surface area contributed by atoms with Gasteiger partial charge in [0.05, 0.1) is 28.6 Å². The molecule has 0 aliphatic heterocycles. The molecule has 0 unspecified atom stereocenters. The number of alkyl halides is 1. The zero-order chi connectivity index (χ0) is 12.4. The molecule has 1 heterocycles. The van der Waals surface area contributed by atoms with E-state index in [0.717, 1.165) is 12.1 Å². The van der Waals surface area contributed by atoms with E-state index >= 15 is 0 Å². The lowest BCUT2D eigenvalue weighted by atomic mass is 10.1. The van der Waals surface area contributed by atoms with Gasteiger partial charge in [-0.2, -0.15) is 0 Å². The van der Waals surface area contributed by atoms with E-state index in [1.54, 1.807) is 0 Å². The Morgan fingerprint density at radius 1 is 1.53 bits per heavy atom. The first-order valence-electron chi connectivity index (χ1n) is 4.57. The highest BCUT2D eigenvalue weighted by molar-refractivity contribution is 6.16. The molecule has 0 N–H and O–H groups in total. The average Bonchev–Trinajstić information content (AvgIpc) is 2.77. The fraction of sp³-hybridized carbons (Fsp3) is 0.100. The summed E-state index contributed by atoms with van der Waals surface area (Å²) in [4.78, 5) is 13.9. The molecule has 1 aromatic carbocycles. The number of nitro groups is 1. The summed E-state index contributed by atoms with van der Waals surface area (Å²) < 4.78 is 18.1. The van der Waals surface area contributed by atoms with E-state index in [2.05, 4.69) is 4.98 Å². The highest BCUT2D eigenvalue weighted by atomic mass is 35.5. The number of nitrogens with zero attached hydrogens (tertiary/aromatic N) is 2. The average molecular weight is 257 g/mol. The molecule has 0 atom stereocenters. The molecule has 0 aliphatic carbocycles. The van der Waals surface area contributed by atoms with Gasteiger partial charge in [-0.1, -0.05) is 0 Å². The molecule has 0 saturated heterocycles. The quantitative estimate of drug-likeness (QED) is 0.481. The van der Waals surface area contributed by atoms with Crippen molar-refractivity contribution in [3.63, 3.8) is 0 Å². The number of hydrogen-bond acceptors (Lipinski definition) is 4. The summed E-state index contributed by atoms with van der Waals surface area (Å²) in [5.41, 5.74) is -0.206. The fourth-order valence-corrected chi connectivity index (χ4v) is 1.48. The van der Waals surface area contributed by atoms with Crippen molar-refractivity contribution in [2.75, 3.05) is 0 Å². The van der Waals surface area contributed by atoms with Crippen LogP contribution >= 0.6 is 11.6 Å². The summed E-state index contributed by atoms with van der Waals surface area (Å²) in [5.74, 6) is -0.181. The Balaban J connectivity index is 2.54. The molecular weight excluding hydrogens is 251 g/mol. The van der Waals surface area contributed by atoms with Crippen molar-refractivity contribution >= 4 is 17.3 Å². The van der Waals surface area contributed by atoms with Crippen LogP contribution in [0, 0.1) is 15.9 Å². The standard InChI is InChI=1S/C10H6ClFN2O3/c11-4-10-13-5-9(17-10)7-2-1-6(12)3-8(7)14(15)16/h1-3,5H,4H2. The normalized spacial score (nSPS) is 10.5. The van der Waals surface area contributed by atoms with Gasteiger partial charge in [0.1, 0.15) is 5.82 Å². The largest absolute Gasteiger partial charge is 0.439 e. The summed E-state index contributed by atoms with van der Waals surface area (Å²) in [5, 5.41) is 10.8. The van der Waals surface area contributed by atoms with Gasteiger partial charge in [-0.15, -0.1) is 11.6 Å². The number of halogens is 2. The summed E-state index contributed by atoms with van der Waals surface area (Å²) in [6.45, 7) is 0. The van der Waals surface area contributed by atoms with E-state index in [4.69, 9.17) is 16.0 Å². The van der Waals surface area contributed by atoms with Crippen LogP contribution in [0.5, 0.6) is 0 Å². The Kier molecular flexibility index (Phi) is 3.06. The Hall–Kier alpha value is -1.95. The van der Waals surface area contributed by atoms with Crippen LogP contribution in [0.25, 0.3) is 11.3 Å². The van der Waals surface area contributed by atoms with Gasteiger partial charge in [-0.3, -0.25) is 10.1 Å². The summed E-state index contributed by atoms with van der Waals surface area (Å²) in [7, 11) is 0. The lowest BCUT2D eigenvalue weighted by Gasteiger charge is -1.98. The molecule has 17 heavy (non-hydrogen) atoms. The molecule has 7 heteroatoms. The number of oxazole rings is 1. The first kappa shape index (κ1) is 11.5. The molecule has 0 bridgehead atoms. The molecular formula is C10H6ClFN2O3. The van der Waals surface area contributed by atoms with E-state index in [9.17, 15) is 14.5 Å². The SMILES string of the molecule is O=[N+]([O-])c1cc(F)ccc1-c1cnc(CCl)o1. The van der Waals surface area contributed by atoms with Gasteiger partial charge in [0.15, 0.2) is 5.76 Å². The zero-order valence-corrected chi connectivity index (χ0v) is 9.15. The predicted molar refractivity (Wildman–Crippen MR) is 58.1 cm³/mol. The third-order valence-electron chi connectivity index (χ3n) is 2.09. The first-order valence-corrected chi connectivity index (χ1v) is 5.10. The molecule has 0 saturated carbocycles. The van der Waals surface area contributed by atoms with Gasteiger partial charge in [0, 0.05) is 0 Å². The monoisotopic (exact) mass is 256 g/mol. The van der Waals surface area contributed by atoms with E-state index in [1.165, 1.54) is 12.3 Å². The molecule has 1 aromatic heterocycles. The molecule has 2 aromatic rings. The van der Waals surface area contributed by atoms with Gasteiger partial charge in [0.2, 0.25) is 5.89 Å². The molecule has 0 amide bonds. The lowest BCUT2D eigenvalue weighted by molar-refractivity contribution is -0.384. The second-order valence-corrected chi connectivity index (χ2v) is 3.44. The van der Waals surface area contributed by atoms with Gasteiger partial charge in [-0.25, -0.2) is 9.37 Å². The van der Waals surface area contributed by atoms with Crippen molar-refractivity contribution in [1.29, 1.82) is 0 Å². The van der Waals surface area contributed by atoms with E-state index in [0.29, 0.717) is 0 Å². The van der Waals surface area contributed by atoms with E-state index < -0.39 is 10.7 Å². The highest BCUT2D eigenvalue weighted by Crippen LogP contribution is 2.31. The topological polar surface area (TPSA) is 69.2 Å². The van der Waals surface area contributed by atoms with Crippen LogP contribution in [-0.4, -0.2) is 9.91 Å². The molecule has 5 nitrogen and oxygen atoms in total. The second kappa shape index (κ2) is 4.50. The molecule has 0 radical (unpaired) electrons. The van der Waals surface area contributed by atoms with Gasteiger partial charge in [0.25, 0.3) is 5.69 Å². The van der Waals surface area contributed by atoms with Crippen LogP contribution in [0.15, 0.2) is 28.8 Å². The van der Waals surface area contributed by atoms with Crippen molar-refractivity contribution in [2.24, 2.45) is 0 Å². The maximum absolute atomic E-state index is 12.9. The Morgan fingerprint density at radius 3 is 2.88 bits per heavy atom. The van der Waals surface area contributed by atoms with Crippen LogP contribution in [0.3, 0.4) is 0 Å². The van der Waals surface area contributed by atoms with E-state index in [-0.39, 0.29) is 28.8 Å². The number of hydrogen-bond donors (Lipinski definition) is 0. The van der Waals surface area contributed by atoms with Crippen LogP contribution < -0.4 is 0 Å². The lowest BCUT2D eigenvalue weighted by Crippen LogP contribution is -1.92. The smallest absolute Gasteiger partial charge is 0.283 e. The van der Waals surface area contributed by atoms with Gasteiger partial charge in [-0.05, 0) is 12.1 Å². The summed E-state index contributed by atoms with van der Waals surface area (Å²) in [6, 6.07) is 3.22. The third-order valence-corrected chi connectivity index (χ3v) is 2.32. The van der Waals surface area contributed by atoms with Crippen molar-refractivity contribution in [1.82, 2.24) is 4.98 Å². The minimum absolute atomic E-state index is 0.0645. The second-order valence-electron chi connectivity index (χ2n) is 3.17. The maximum Gasteiger partial charge on any atom is 0.283 e. The van der Waals surface area contributed by atoms with Crippen LogP contribution in [-0.2, 0) is 5.88 Å². The van der Waals surface area contributed by atoms with Gasteiger partial charge >= 0.3 is 0 Å². The maximum atomic E-state index is 12.9. The molecule has 0 spiro atoms. The van der Waals surface area contributed by atoms with Crippen LogP contribution in [0.4, 0.5) is 10.1 Å². The minimum atomic E-state index is -0.683. The summed E-state index contributed by atoms with van der Waals surface area (Å²) in [6.07, 6.45) is 1.32. The van der Waals surface area contributed by atoms with E-state index in [1.807, 2.05) is 0 Å². The zero-order valence-electron chi connectivity index (χ0n) is 8.39. The minimum Gasteiger partial charge on any atom is -0.439 e. The number of nitro benzene ring substituents is 1. The number of rotatable bonds is 3. The molecule has 88 valence electrons. The Morgan fingerprint density at radius 2 is 2.29 bits per heavy atom. The van der Waals surface area contributed by atoms with Crippen molar-refractivity contribution in [2.45, 2.75) is 5.88 Å². The molecule has 2 rings (SSSR count). The third kappa shape index (κ3) is 2.26. The first-order chi connectivity index (χ1) is 8.11. The van der Waals surface area contributed by atoms with Crippen molar-refractivity contribution < 1.29 is 13.7 Å². The van der Waals surface area contributed by atoms with Crippen LogP contribution in [0.1, 0.15) is 5.89 Å². The van der Waals surface area contributed by atoms with Crippen molar-refractivity contribution in [3.8, 4) is 11.3 Å². The van der Waals surface area contributed by atoms with Gasteiger partial charge < -0.3 is 4.42 Å². The number of benzene rings is 1. The number of aromatic nitrogens is 1. The highest BCUT2D eigenvalue weighted by Gasteiger charge is 2.19. The van der Waals surface area contributed by atoms with Crippen molar-refractivity contribution in [3.05, 3.63) is 46.2 Å².